The molecule has 0 aliphatic carbocycles. The second kappa shape index (κ2) is 4.14. The molecule has 1 aromatic rings. The standard InChI is InChI=1S/C9H7Br2N3O2/c10-5-2-13-9(11)7(12)8(5)14-3-4(15)1-6(14)16/h2H,1,3,12H2. The molecule has 2 heterocycles. The lowest BCUT2D eigenvalue weighted by atomic mass is 10.3. The molecule has 1 fully saturated rings. The Balaban J connectivity index is 2.52. The van der Waals surface area contributed by atoms with E-state index in [0.29, 0.717) is 20.5 Å². The Kier molecular flexibility index (Phi) is 2.98. The van der Waals surface area contributed by atoms with Crippen LogP contribution in [0.5, 0.6) is 0 Å². The van der Waals surface area contributed by atoms with Crippen molar-refractivity contribution in [2.45, 2.75) is 6.42 Å². The van der Waals surface area contributed by atoms with Gasteiger partial charge in [-0.3, -0.25) is 9.59 Å². The van der Waals surface area contributed by atoms with Crippen molar-refractivity contribution in [3.63, 3.8) is 0 Å². The maximum Gasteiger partial charge on any atom is 0.235 e. The van der Waals surface area contributed by atoms with Crippen molar-refractivity contribution in [2.75, 3.05) is 17.2 Å². The number of amides is 1. The van der Waals surface area contributed by atoms with Gasteiger partial charge in [0, 0.05) is 6.20 Å². The normalized spacial score (nSPS) is 16.0. The summed E-state index contributed by atoms with van der Waals surface area (Å²) in [6.45, 7) is 0.0675. The van der Waals surface area contributed by atoms with E-state index in [1.165, 1.54) is 11.1 Å². The number of rotatable bonds is 1. The van der Waals surface area contributed by atoms with Crippen molar-refractivity contribution in [1.82, 2.24) is 4.98 Å². The summed E-state index contributed by atoms with van der Waals surface area (Å²) in [6, 6.07) is 0. The van der Waals surface area contributed by atoms with Crippen LogP contribution in [0.15, 0.2) is 15.3 Å². The molecule has 16 heavy (non-hydrogen) atoms. The zero-order valence-corrected chi connectivity index (χ0v) is 11.2. The Morgan fingerprint density at radius 1 is 1.38 bits per heavy atom. The first kappa shape index (κ1) is 11.5. The highest BCUT2D eigenvalue weighted by Crippen LogP contribution is 2.37. The largest absolute Gasteiger partial charge is 0.395 e. The Labute approximate surface area is 108 Å². The molecule has 0 bridgehead atoms. The lowest BCUT2D eigenvalue weighted by Crippen LogP contribution is -2.26. The number of carbonyl (C=O) groups is 2. The van der Waals surface area contributed by atoms with Crippen molar-refractivity contribution in [2.24, 2.45) is 0 Å². The molecule has 0 unspecified atom stereocenters. The third-order valence-corrected chi connectivity index (χ3v) is 3.46. The van der Waals surface area contributed by atoms with Gasteiger partial charge in [0.25, 0.3) is 0 Å². The zero-order valence-electron chi connectivity index (χ0n) is 8.04. The number of aromatic nitrogens is 1. The van der Waals surface area contributed by atoms with E-state index in [4.69, 9.17) is 5.73 Å². The van der Waals surface area contributed by atoms with E-state index in [0.717, 1.165) is 0 Å². The number of hydrogen-bond acceptors (Lipinski definition) is 4. The van der Waals surface area contributed by atoms with Crippen LogP contribution in [0.4, 0.5) is 11.4 Å². The van der Waals surface area contributed by atoms with Crippen molar-refractivity contribution in [3.05, 3.63) is 15.3 Å². The third kappa shape index (κ3) is 1.84. The summed E-state index contributed by atoms with van der Waals surface area (Å²) >= 11 is 6.45. The maximum atomic E-state index is 11.6. The van der Waals surface area contributed by atoms with Crippen LogP contribution in [0.2, 0.25) is 0 Å². The van der Waals surface area contributed by atoms with Gasteiger partial charge in [0.2, 0.25) is 5.91 Å². The maximum absolute atomic E-state index is 11.6. The summed E-state index contributed by atoms with van der Waals surface area (Å²) in [5.41, 5.74) is 6.67. The van der Waals surface area contributed by atoms with E-state index in [9.17, 15) is 9.59 Å². The predicted molar refractivity (Wildman–Crippen MR) is 66.0 cm³/mol. The van der Waals surface area contributed by atoms with Gasteiger partial charge in [-0.15, -0.1) is 0 Å². The molecule has 0 spiro atoms. The number of nitrogen functional groups attached to an aromatic ring is 1. The summed E-state index contributed by atoms with van der Waals surface area (Å²) < 4.78 is 1.05. The fourth-order valence-corrected chi connectivity index (χ4v) is 2.35. The van der Waals surface area contributed by atoms with E-state index in [2.05, 4.69) is 36.8 Å². The number of nitrogens with two attached hydrogens (primary N) is 1. The second-order valence-corrected chi connectivity index (χ2v) is 4.96. The van der Waals surface area contributed by atoms with Gasteiger partial charge in [0.1, 0.15) is 4.60 Å². The highest BCUT2D eigenvalue weighted by atomic mass is 79.9. The molecule has 2 rings (SSSR count). The van der Waals surface area contributed by atoms with Gasteiger partial charge in [-0.25, -0.2) is 4.98 Å². The van der Waals surface area contributed by atoms with Crippen LogP contribution in [-0.2, 0) is 9.59 Å². The molecule has 1 aliphatic rings. The predicted octanol–water partition coefficient (Wildman–Crippen LogP) is 1.49. The number of pyridine rings is 1. The minimum atomic E-state index is -0.240. The first-order valence-electron chi connectivity index (χ1n) is 4.42. The quantitative estimate of drug-likeness (QED) is 0.616. The van der Waals surface area contributed by atoms with Gasteiger partial charge in [0.15, 0.2) is 5.78 Å². The summed E-state index contributed by atoms with van der Waals surface area (Å²) in [7, 11) is 0. The number of anilines is 2. The van der Waals surface area contributed by atoms with E-state index in [1.54, 1.807) is 0 Å². The third-order valence-electron chi connectivity index (χ3n) is 2.25. The van der Waals surface area contributed by atoms with E-state index >= 15 is 0 Å². The molecule has 1 aromatic heterocycles. The molecule has 5 nitrogen and oxygen atoms in total. The summed E-state index contributed by atoms with van der Waals surface area (Å²) in [5, 5.41) is 0. The Morgan fingerprint density at radius 2 is 2.06 bits per heavy atom. The summed E-state index contributed by atoms with van der Waals surface area (Å²) in [5.74, 6) is -0.347. The average molecular weight is 349 g/mol. The first-order valence-corrected chi connectivity index (χ1v) is 6.01. The minimum absolute atomic E-state index is 0.0637. The lowest BCUT2D eigenvalue weighted by Gasteiger charge is -2.18. The summed E-state index contributed by atoms with van der Waals surface area (Å²) in [4.78, 5) is 28.1. The number of ketones is 1. The van der Waals surface area contributed by atoms with Crippen molar-refractivity contribution >= 4 is 54.9 Å². The van der Waals surface area contributed by atoms with Gasteiger partial charge in [-0.1, -0.05) is 0 Å². The van der Waals surface area contributed by atoms with Crippen molar-refractivity contribution in [3.8, 4) is 0 Å². The van der Waals surface area contributed by atoms with Gasteiger partial charge in [0.05, 0.1) is 28.8 Å². The first-order chi connectivity index (χ1) is 7.50. The number of Topliss-reactive ketones (excluding diaryl/α,β-unsaturated/α-hetero) is 1. The molecule has 1 aliphatic heterocycles. The van der Waals surface area contributed by atoms with Crippen LogP contribution in [0.1, 0.15) is 6.42 Å². The SMILES string of the molecule is Nc1c(Br)ncc(Br)c1N1CC(=O)CC1=O. The van der Waals surface area contributed by atoms with E-state index < -0.39 is 0 Å². The Bertz CT molecular complexity index is 490. The lowest BCUT2D eigenvalue weighted by molar-refractivity contribution is -0.121. The van der Waals surface area contributed by atoms with Crippen LogP contribution < -0.4 is 10.6 Å². The van der Waals surface area contributed by atoms with Gasteiger partial charge < -0.3 is 10.6 Å². The Hall–Kier alpha value is -0.950. The van der Waals surface area contributed by atoms with Gasteiger partial charge in [-0.05, 0) is 31.9 Å². The van der Waals surface area contributed by atoms with E-state index in [-0.39, 0.29) is 24.7 Å². The molecule has 7 heteroatoms. The molecule has 1 saturated heterocycles. The molecule has 1 amide bonds. The molecule has 0 radical (unpaired) electrons. The number of carbonyl (C=O) groups excluding carboxylic acids is 2. The monoisotopic (exact) mass is 347 g/mol. The average Bonchev–Trinajstić information content (AvgIpc) is 2.53. The van der Waals surface area contributed by atoms with Gasteiger partial charge in [-0.2, -0.15) is 0 Å². The molecule has 0 aromatic carbocycles. The molecule has 0 saturated carbocycles. The van der Waals surface area contributed by atoms with Crippen molar-refractivity contribution < 1.29 is 9.59 Å². The number of hydrogen-bond donors (Lipinski definition) is 1. The molecular formula is C9H7Br2N3O2. The van der Waals surface area contributed by atoms with Crippen LogP contribution >= 0.6 is 31.9 Å². The van der Waals surface area contributed by atoms with Gasteiger partial charge >= 0.3 is 0 Å². The molecular weight excluding hydrogens is 342 g/mol. The van der Waals surface area contributed by atoms with Crippen molar-refractivity contribution in [1.29, 1.82) is 0 Å². The Morgan fingerprint density at radius 3 is 2.62 bits per heavy atom. The fourth-order valence-electron chi connectivity index (χ4n) is 1.53. The topological polar surface area (TPSA) is 76.3 Å². The summed E-state index contributed by atoms with van der Waals surface area (Å²) in [6.07, 6.45) is 1.47. The van der Waals surface area contributed by atoms with Crippen LogP contribution in [0.25, 0.3) is 0 Å². The van der Waals surface area contributed by atoms with Crippen LogP contribution in [0, 0.1) is 0 Å². The highest BCUT2D eigenvalue weighted by molar-refractivity contribution is 9.11. The fraction of sp³-hybridized carbons (Fsp3) is 0.222. The number of halogens is 2. The highest BCUT2D eigenvalue weighted by Gasteiger charge is 2.31. The molecule has 84 valence electrons. The molecule has 0 atom stereocenters. The van der Waals surface area contributed by atoms with Crippen LogP contribution in [0.3, 0.4) is 0 Å². The van der Waals surface area contributed by atoms with Crippen LogP contribution in [-0.4, -0.2) is 23.2 Å². The number of nitrogens with zero attached hydrogens (tertiary/aromatic N) is 2. The van der Waals surface area contributed by atoms with E-state index in [1.807, 2.05) is 0 Å². The zero-order chi connectivity index (χ0) is 11.9. The minimum Gasteiger partial charge on any atom is -0.395 e. The second-order valence-electron chi connectivity index (χ2n) is 3.35. The molecule has 2 N–H and O–H groups in total. The smallest absolute Gasteiger partial charge is 0.235 e.